The van der Waals surface area contributed by atoms with Gasteiger partial charge in [0.15, 0.2) is 0 Å². The van der Waals surface area contributed by atoms with Gasteiger partial charge in [0, 0.05) is 35.4 Å². The summed E-state index contributed by atoms with van der Waals surface area (Å²) >= 11 is 0. The first kappa shape index (κ1) is 11.6. The summed E-state index contributed by atoms with van der Waals surface area (Å²) in [6.07, 6.45) is 4.44. The van der Waals surface area contributed by atoms with Crippen LogP contribution in [-0.2, 0) is 10.2 Å². The number of anilines is 1. The van der Waals surface area contributed by atoms with Gasteiger partial charge in [-0.25, -0.2) is 19.1 Å². The van der Waals surface area contributed by atoms with Crippen LogP contribution >= 0.6 is 0 Å². The van der Waals surface area contributed by atoms with Crippen LogP contribution in [0.25, 0.3) is 11.1 Å². The van der Waals surface area contributed by atoms with Gasteiger partial charge in [-0.1, -0.05) is 0 Å². The molecule has 90 valence electrons. The second-order valence-corrected chi connectivity index (χ2v) is 4.91. The van der Waals surface area contributed by atoms with E-state index in [-0.39, 0.29) is 5.95 Å². The van der Waals surface area contributed by atoms with E-state index in [0.29, 0.717) is 16.8 Å². The Labute approximate surface area is 98.3 Å². The Hall–Kier alpha value is -1.93. The van der Waals surface area contributed by atoms with Gasteiger partial charge in [-0.3, -0.25) is 0 Å². The third-order valence-electron chi connectivity index (χ3n) is 2.35. The Balaban J connectivity index is 2.55. The van der Waals surface area contributed by atoms with E-state index < -0.39 is 10.2 Å². The average molecular weight is 253 g/mol. The normalized spacial score (nSPS) is 11.6. The van der Waals surface area contributed by atoms with Crippen LogP contribution in [0, 0.1) is 6.92 Å². The van der Waals surface area contributed by atoms with Crippen LogP contribution < -0.4 is 10.9 Å². The van der Waals surface area contributed by atoms with E-state index in [4.69, 9.17) is 10.9 Å². The lowest BCUT2D eigenvalue weighted by Gasteiger charge is -2.04. The molecule has 2 aromatic rings. The molecule has 0 bridgehead atoms. The lowest BCUT2D eigenvalue weighted by atomic mass is 10.1. The van der Waals surface area contributed by atoms with E-state index in [1.54, 1.807) is 13.0 Å². The van der Waals surface area contributed by atoms with Crippen LogP contribution in [-0.4, -0.2) is 22.4 Å². The summed E-state index contributed by atoms with van der Waals surface area (Å²) in [4.78, 5) is 7.69. The van der Waals surface area contributed by atoms with Gasteiger partial charge in [-0.15, -0.1) is 0 Å². The Bertz CT molecular complexity index is 645. The first-order valence-electron chi connectivity index (χ1n) is 4.69. The number of nitrogens with zero attached hydrogens (tertiary/aromatic N) is 3. The van der Waals surface area contributed by atoms with Crippen molar-refractivity contribution < 1.29 is 8.42 Å². The summed E-state index contributed by atoms with van der Waals surface area (Å²) in [7, 11) is -3.78. The summed E-state index contributed by atoms with van der Waals surface area (Å²) in [5.41, 5.74) is 7.25. The summed E-state index contributed by atoms with van der Waals surface area (Å²) in [5, 5.41) is 5.06. The van der Waals surface area contributed by atoms with Crippen molar-refractivity contribution in [3.8, 4) is 11.1 Å². The molecule has 0 aromatic carbocycles. The average Bonchev–Trinajstić information content (AvgIpc) is 2.61. The Morgan fingerprint density at radius 2 is 1.88 bits per heavy atom. The first-order valence-corrected chi connectivity index (χ1v) is 6.19. The Morgan fingerprint density at radius 1 is 1.29 bits per heavy atom. The van der Waals surface area contributed by atoms with E-state index >= 15 is 0 Å². The zero-order valence-corrected chi connectivity index (χ0v) is 9.85. The molecule has 0 spiro atoms. The molecule has 0 aliphatic carbocycles. The quantitative estimate of drug-likeness (QED) is 0.774. The molecule has 0 amide bonds. The monoisotopic (exact) mass is 253 g/mol. The van der Waals surface area contributed by atoms with Crippen molar-refractivity contribution in [2.24, 2.45) is 5.14 Å². The van der Waals surface area contributed by atoms with Crippen molar-refractivity contribution >= 4 is 16.2 Å². The van der Waals surface area contributed by atoms with Crippen LogP contribution in [0.5, 0.6) is 0 Å². The molecular formula is C9H11N5O2S. The molecular weight excluding hydrogens is 242 g/mol. The predicted molar refractivity (Wildman–Crippen MR) is 63.1 cm³/mol. The highest BCUT2D eigenvalue weighted by Gasteiger charge is 2.13. The summed E-state index contributed by atoms with van der Waals surface area (Å²) in [5.74, 6) is 0.164. The van der Waals surface area contributed by atoms with Crippen molar-refractivity contribution in [3.05, 3.63) is 30.4 Å². The highest BCUT2D eigenvalue weighted by atomic mass is 32.2. The van der Waals surface area contributed by atoms with Crippen molar-refractivity contribution in [2.75, 3.05) is 5.73 Å². The SMILES string of the molecule is Cc1c(-c2cnc(N)nc2)ccn1S(N)(=O)=O. The first-order chi connectivity index (χ1) is 7.89. The molecule has 0 fully saturated rings. The van der Waals surface area contributed by atoms with Gasteiger partial charge in [0.25, 0.3) is 0 Å². The van der Waals surface area contributed by atoms with E-state index in [1.165, 1.54) is 18.6 Å². The Morgan fingerprint density at radius 3 is 2.35 bits per heavy atom. The number of hydrogen-bond acceptors (Lipinski definition) is 5. The Kier molecular flexibility index (Phi) is 2.60. The topological polar surface area (TPSA) is 117 Å². The molecule has 7 nitrogen and oxygen atoms in total. The maximum absolute atomic E-state index is 11.2. The second-order valence-electron chi connectivity index (χ2n) is 3.49. The molecule has 0 atom stereocenters. The fraction of sp³-hybridized carbons (Fsp3) is 0.111. The molecule has 0 unspecified atom stereocenters. The number of hydrogen-bond donors (Lipinski definition) is 2. The van der Waals surface area contributed by atoms with Crippen LogP contribution in [0.4, 0.5) is 5.95 Å². The third kappa shape index (κ3) is 2.12. The fourth-order valence-corrected chi connectivity index (χ4v) is 2.26. The van der Waals surface area contributed by atoms with Crippen LogP contribution in [0.15, 0.2) is 24.7 Å². The van der Waals surface area contributed by atoms with Gasteiger partial charge in [-0.2, -0.15) is 8.42 Å². The highest BCUT2D eigenvalue weighted by Crippen LogP contribution is 2.23. The molecule has 8 heteroatoms. The third-order valence-corrected chi connectivity index (χ3v) is 3.30. The predicted octanol–water partition coefficient (Wildman–Crippen LogP) is -0.113. The summed E-state index contributed by atoms with van der Waals surface area (Å²) < 4.78 is 23.5. The number of aromatic nitrogens is 3. The smallest absolute Gasteiger partial charge is 0.302 e. The minimum atomic E-state index is -3.78. The van der Waals surface area contributed by atoms with E-state index in [9.17, 15) is 8.42 Å². The van der Waals surface area contributed by atoms with Crippen molar-refractivity contribution in [2.45, 2.75) is 6.92 Å². The number of nitrogen functional groups attached to an aromatic ring is 1. The van der Waals surface area contributed by atoms with Crippen LogP contribution in [0.1, 0.15) is 5.69 Å². The molecule has 0 radical (unpaired) electrons. The lowest BCUT2D eigenvalue weighted by Crippen LogP contribution is -2.21. The van der Waals surface area contributed by atoms with Crippen LogP contribution in [0.2, 0.25) is 0 Å². The van der Waals surface area contributed by atoms with Crippen molar-refractivity contribution in [3.63, 3.8) is 0 Å². The summed E-state index contributed by atoms with van der Waals surface area (Å²) in [6.45, 7) is 1.65. The van der Waals surface area contributed by atoms with Gasteiger partial charge in [0.2, 0.25) is 5.95 Å². The van der Waals surface area contributed by atoms with Gasteiger partial charge in [0.05, 0.1) is 0 Å². The van der Waals surface area contributed by atoms with Gasteiger partial charge >= 0.3 is 10.2 Å². The maximum Gasteiger partial charge on any atom is 0.302 e. The lowest BCUT2D eigenvalue weighted by molar-refractivity contribution is 0.588. The number of rotatable bonds is 2. The van der Waals surface area contributed by atoms with E-state index in [1.807, 2.05) is 0 Å². The molecule has 0 aliphatic heterocycles. The fourth-order valence-electron chi connectivity index (χ4n) is 1.55. The molecule has 2 aromatic heterocycles. The number of nitrogens with two attached hydrogens (primary N) is 2. The van der Waals surface area contributed by atoms with E-state index in [0.717, 1.165) is 3.97 Å². The molecule has 4 N–H and O–H groups in total. The van der Waals surface area contributed by atoms with Crippen molar-refractivity contribution in [1.82, 2.24) is 13.9 Å². The van der Waals surface area contributed by atoms with Gasteiger partial charge in [0.1, 0.15) is 0 Å². The zero-order valence-electron chi connectivity index (χ0n) is 9.03. The molecule has 0 saturated heterocycles. The second kappa shape index (κ2) is 3.82. The molecule has 0 aliphatic rings. The minimum absolute atomic E-state index is 0.164. The molecule has 0 saturated carbocycles. The standard InChI is InChI=1S/C9H11N5O2S/c1-6-8(2-3-14(6)17(11,15)16)7-4-12-9(10)13-5-7/h2-5H,1H3,(H2,10,12,13)(H2,11,15,16). The van der Waals surface area contributed by atoms with Crippen LogP contribution in [0.3, 0.4) is 0 Å². The van der Waals surface area contributed by atoms with Gasteiger partial charge < -0.3 is 5.73 Å². The molecule has 2 heterocycles. The van der Waals surface area contributed by atoms with E-state index in [2.05, 4.69) is 9.97 Å². The van der Waals surface area contributed by atoms with Crippen molar-refractivity contribution in [1.29, 1.82) is 0 Å². The summed E-state index contributed by atoms with van der Waals surface area (Å²) in [6, 6.07) is 1.63. The maximum atomic E-state index is 11.2. The highest BCUT2D eigenvalue weighted by molar-refractivity contribution is 7.87. The molecule has 2 rings (SSSR count). The minimum Gasteiger partial charge on any atom is -0.368 e. The largest absolute Gasteiger partial charge is 0.368 e. The molecule has 17 heavy (non-hydrogen) atoms. The van der Waals surface area contributed by atoms with Gasteiger partial charge in [-0.05, 0) is 13.0 Å². The zero-order chi connectivity index (χ0) is 12.6.